The van der Waals surface area contributed by atoms with Gasteiger partial charge in [-0.25, -0.2) is 4.79 Å². The number of carbonyl (C=O) groups is 2. The van der Waals surface area contributed by atoms with Gasteiger partial charge < -0.3 is 10.4 Å². The van der Waals surface area contributed by atoms with Gasteiger partial charge in [-0.3, -0.25) is 4.79 Å². The predicted octanol–water partition coefficient (Wildman–Crippen LogP) is 2.04. The van der Waals surface area contributed by atoms with Crippen molar-refractivity contribution in [1.82, 2.24) is 5.32 Å². The third kappa shape index (κ3) is 4.49. The lowest BCUT2D eigenvalue weighted by Gasteiger charge is -2.14. The number of fused-ring (bicyclic) bond motifs is 1. The summed E-state index contributed by atoms with van der Waals surface area (Å²) in [5.41, 5.74) is 3.67. The zero-order valence-corrected chi connectivity index (χ0v) is 13.0. The molecule has 0 heterocycles. The lowest BCUT2D eigenvalue weighted by molar-refractivity contribution is -0.141. The molecule has 2 rings (SSSR count). The van der Waals surface area contributed by atoms with Crippen LogP contribution in [0.25, 0.3) is 0 Å². The van der Waals surface area contributed by atoms with Crippen molar-refractivity contribution in [3.05, 3.63) is 34.9 Å². The number of rotatable bonds is 7. The Kier molecular flexibility index (Phi) is 5.67. The molecule has 1 amide bonds. The average molecular weight is 307 g/mol. The summed E-state index contributed by atoms with van der Waals surface area (Å²) in [6, 6.07) is 5.35. The van der Waals surface area contributed by atoms with Crippen LogP contribution < -0.4 is 5.32 Å². The molecule has 1 aromatic rings. The molecule has 0 aliphatic heterocycles. The van der Waals surface area contributed by atoms with Crippen LogP contribution in [-0.2, 0) is 28.9 Å². The molecule has 1 atom stereocenters. The molecular formula is C16H21NO3S. The normalized spacial score (nSPS) is 14.5. The summed E-state index contributed by atoms with van der Waals surface area (Å²) >= 11 is 1.58. The molecule has 0 spiro atoms. The van der Waals surface area contributed by atoms with Gasteiger partial charge in [-0.15, -0.1) is 0 Å². The Bertz CT molecular complexity index is 530. The maximum atomic E-state index is 12.0. The molecule has 0 saturated carbocycles. The molecule has 21 heavy (non-hydrogen) atoms. The van der Waals surface area contributed by atoms with E-state index in [-0.39, 0.29) is 12.3 Å². The zero-order chi connectivity index (χ0) is 15.2. The molecule has 0 radical (unpaired) electrons. The van der Waals surface area contributed by atoms with Gasteiger partial charge in [0.15, 0.2) is 0 Å². The van der Waals surface area contributed by atoms with Gasteiger partial charge in [-0.1, -0.05) is 18.2 Å². The fraction of sp³-hybridized carbons (Fsp3) is 0.500. The Labute approximate surface area is 129 Å². The molecule has 1 aliphatic carbocycles. The van der Waals surface area contributed by atoms with Crippen LogP contribution in [0, 0.1) is 0 Å². The highest BCUT2D eigenvalue weighted by atomic mass is 32.2. The number of aryl methyl sites for hydroxylation is 2. The number of nitrogens with one attached hydrogen (secondary N) is 1. The number of thioether (sulfide) groups is 1. The van der Waals surface area contributed by atoms with Crippen molar-refractivity contribution in [3.8, 4) is 0 Å². The van der Waals surface area contributed by atoms with Gasteiger partial charge in [-0.2, -0.15) is 11.8 Å². The van der Waals surface area contributed by atoms with Crippen molar-refractivity contribution in [2.45, 2.75) is 38.1 Å². The third-order valence-electron chi connectivity index (χ3n) is 3.77. The maximum Gasteiger partial charge on any atom is 0.326 e. The summed E-state index contributed by atoms with van der Waals surface area (Å²) in [6.45, 7) is 0. The molecule has 0 aromatic heterocycles. The SMILES string of the molecule is CSCC[C@@H](NC(=O)Cc1ccc2c(c1)CCC2)C(=O)O. The number of hydrogen-bond acceptors (Lipinski definition) is 3. The third-order valence-corrected chi connectivity index (χ3v) is 4.42. The Morgan fingerprint density at radius 2 is 2.10 bits per heavy atom. The van der Waals surface area contributed by atoms with Crippen molar-refractivity contribution in [2.75, 3.05) is 12.0 Å². The zero-order valence-electron chi connectivity index (χ0n) is 12.2. The molecule has 2 N–H and O–H groups in total. The van der Waals surface area contributed by atoms with Crippen molar-refractivity contribution in [3.63, 3.8) is 0 Å². The van der Waals surface area contributed by atoms with Gasteiger partial charge in [0, 0.05) is 0 Å². The molecule has 0 fully saturated rings. The molecular weight excluding hydrogens is 286 g/mol. The molecule has 0 saturated heterocycles. The van der Waals surface area contributed by atoms with E-state index in [0.717, 1.165) is 24.2 Å². The van der Waals surface area contributed by atoms with Gasteiger partial charge >= 0.3 is 5.97 Å². The summed E-state index contributed by atoms with van der Waals surface area (Å²) in [5, 5.41) is 11.7. The van der Waals surface area contributed by atoms with Crippen LogP contribution in [0.1, 0.15) is 29.5 Å². The first-order chi connectivity index (χ1) is 10.1. The lowest BCUT2D eigenvalue weighted by Crippen LogP contribution is -2.41. The van der Waals surface area contributed by atoms with Crippen molar-refractivity contribution >= 4 is 23.6 Å². The molecule has 5 heteroatoms. The van der Waals surface area contributed by atoms with E-state index in [0.29, 0.717) is 6.42 Å². The van der Waals surface area contributed by atoms with Crippen molar-refractivity contribution in [2.24, 2.45) is 0 Å². The Morgan fingerprint density at radius 1 is 1.33 bits per heavy atom. The highest BCUT2D eigenvalue weighted by molar-refractivity contribution is 7.98. The summed E-state index contributed by atoms with van der Waals surface area (Å²) in [4.78, 5) is 23.1. The van der Waals surface area contributed by atoms with E-state index in [4.69, 9.17) is 5.11 Å². The number of carbonyl (C=O) groups excluding carboxylic acids is 1. The summed E-state index contributed by atoms with van der Waals surface area (Å²) in [6.07, 6.45) is 6.00. The van der Waals surface area contributed by atoms with Crippen LogP contribution in [0.5, 0.6) is 0 Å². The minimum atomic E-state index is -0.966. The minimum Gasteiger partial charge on any atom is -0.480 e. The number of carboxylic acid groups (broad SMARTS) is 1. The Morgan fingerprint density at radius 3 is 2.81 bits per heavy atom. The van der Waals surface area contributed by atoms with E-state index >= 15 is 0 Å². The summed E-state index contributed by atoms with van der Waals surface area (Å²) in [7, 11) is 0. The summed E-state index contributed by atoms with van der Waals surface area (Å²) < 4.78 is 0. The van der Waals surface area contributed by atoms with Gasteiger partial charge in [0.25, 0.3) is 0 Å². The van der Waals surface area contributed by atoms with Crippen LogP contribution in [0.4, 0.5) is 0 Å². The van der Waals surface area contributed by atoms with E-state index in [1.165, 1.54) is 17.5 Å². The first-order valence-electron chi connectivity index (χ1n) is 7.22. The van der Waals surface area contributed by atoms with Crippen LogP contribution in [0.2, 0.25) is 0 Å². The van der Waals surface area contributed by atoms with E-state index in [2.05, 4.69) is 17.4 Å². The highest BCUT2D eigenvalue weighted by Gasteiger charge is 2.19. The molecule has 1 aliphatic rings. The number of amides is 1. The monoisotopic (exact) mass is 307 g/mol. The molecule has 114 valence electrons. The first-order valence-corrected chi connectivity index (χ1v) is 8.61. The van der Waals surface area contributed by atoms with Crippen LogP contribution in [-0.4, -0.2) is 35.0 Å². The second kappa shape index (κ2) is 7.50. The number of benzene rings is 1. The smallest absolute Gasteiger partial charge is 0.326 e. The quantitative estimate of drug-likeness (QED) is 0.809. The van der Waals surface area contributed by atoms with E-state index in [1.807, 2.05) is 12.3 Å². The standard InChI is InChI=1S/C16H21NO3S/c1-21-8-7-14(16(19)20)17-15(18)10-11-5-6-12-3-2-4-13(12)9-11/h5-6,9,14H,2-4,7-8,10H2,1H3,(H,17,18)(H,19,20)/t14-/m1/s1. The van der Waals surface area contributed by atoms with Gasteiger partial charge in [0.1, 0.15) is 6.04 Å². The topological polar surface area (TPSA) is 66.4 Å². The van der Waals surface area contributed by atoms with Crippen molar-refractivity contribution in [1.29, 1.82) is 0 Å². The molecule has 0 unspecified atom stereocenters. The van der Waals surface area contributed by atoms with E-state index < -0.39 is 12.0 Å². The largest absolute Gasteiger partial charge is 0.480 e. The van der Waals surface area contributed by atoms with Gasteiger partial charge in [-0.05, 0) is 54.4 Å². The second-order valence-corrected chi connectivity index (χ2v) is 6.36. The van der Waals surface area contributed by atoms with Crippen LogP contribution >= 0.6 is 11.8 Å². The predicted molar refractivity (Wildman–Crippen MR) is 84.7 cm³/mol. The van der Waals surface area contributed by atoms with E-state index in [1.54, 1.807) is 11.8 Å². The highest BCUT2D eigenvalue weighted by Crippen LogP contribution is 2.23. The van der Waals surface area contributed by atoms with Crippen LogP contribution in [0.15, 0.2) is 18.2 Å². The minimum absolute atomic E-state index is 0.221. The Hall–Kier alpha value is -1.49. The number of carboxylic acids is 1. The molecule has 0 bridgehead atoms. The summed E-state index contributed by atoms with van der Waals surface area (Å²) in [5.74, 6) is -0.469. The fourth-order valence-electron chi connectivity index (χ4n) is 2.66. The second-order valence-electron chi connectivity index (χ2n) is 5.37. The number of aliphatic carboxylic acids is 1. The maximum absolute atomic E-state index is 12.0. The van der Waals surface area contributed by atoms with E-state index in [9.17, 15) is 9.59 Å². The Balaban J connectivity index is 1.92. The molecule has 4 nitrogen and oxygen atoms in total. The fourth-order valence-corrected chi connectivity index (χ4v) is 3.13. The van der Waals surface area contributed by atoms with Crippen molar-refractivity contribution < 1.29 is 14.7 Å². The van der Waals surface area contributed by atoms with Gasteiger partial charge in [0.2, 0.25) is 5.91 Å². The number of hydrogen-bond donors (Lipinski definition) is 2. The lowest BCUT2D eigenvalue weighted by atomic mass is 10.0. The first kappa shape index (κ1) is 15.9. The van der Waals surface area contributed by atoms with Crippen LogP contribution in [0.3, 0.4) is 0 Å². The average Bonchev–Trinajstić information content (AvgIpc) is 2.90. The molecule has 1 aromatic carbocycles. The van der Waals surface area contributed by atoms with Gasteiger partial charge in [0.05, 0.1) is 6.42 Å².